The molecule has 2 aromatic heterocycles. The van der Waals surface area contributed by atoms with Gasteiger partial charge in [0, 0.05) is 17.1 Å². The number of H-pyrrole nitrogens is 1. The highest BCUT2D eigenvalue weighted by Crippen LogP contribution is 2.26. The molecule has 1 atom stereocenters. The van der Waals surface area contributed by atoms with Gasteiger partial charge in [0.25, 0.3) is 5.56 Å². The Kier molecular flexibility index (Phi) is 5.45. The van der Waals surface area contributed by atoms with E-state index in [0.717, 1.165) is 10.4 Å². The quantitative estimate of drug-likeness (QED) is 0.525. The number of nitrogens with one attached hydrogen (secondary N) is 2. The van der Waals surface area contributed by atoms with Gasteiger partial charge in [0.05, 0.1) is 11.8 Å². The summed E-state index contributed by atoms with van der Waals surface area (Å²) < 4.78 is 0. The van der Waals surface area contributed by atoms with Crippen LogP contribution in [0.5, 0.6) is 0 Å². The van der Waals surface area contributed by atoms with Crippen LogP contribution in [0.1, 0.15) is 16.5 Å². The first kappa shape index (κ1) is 16.5. The van der Waals surface area contributed by atoms with Crippen LogP contribution in [0.25, 0.3) is 0 Å². The van der Waals surface area contributed by atoms with E-state index in [9.17, 15) is 9.59 Å². The third-order valence-electron chi connectivity index (χ3n) is 3.25. The average molecular weight is 357 g/mol. The van der Waals surface area contributed by atoms with Crippen molar-refractivity contribution >= 4 is 29.0 Å². The van der Waals surface area contributed by atoms with Gasteiger partial charge < -0.3 is 10.3 Å². The Morgan fingerprint density at radius 3 is 2.75 bits per heavy atom. The number of amides is 1. The lowest BCUT2D eigenvalue weighted by atomic mass is 10.1. The van der Waals surface area contributed by atoms with Crippen LogP contribution < -0.4 is 10.9 Å². The van der Waals surface area contributed by atoms with Crippen molar-refractivity contribution in [3.63, 3.8) is 0 Å². The standard InChI is InChI=1S/C17H15N3O2S2/c21-14-8-9-18-17(20-14)24-11-15(22)19-16(13-7-4-10-23-13)12-5-2-1-3-6-12/h1-10,16H,11H2,(H,19,22)(H,18,20,21)/t16-/m0/s1. The number of aromatic nitrogens is 2. The van der Waals surface area contributed by atoms with Crippen molar-refractivity contribution in [3.8, 4) is 0 Å². The van der Waals surface area contributed by atoms with E-state index >= 15 is 0 Å². The van der Waals surface area contributed by atoms with Gasteiger partial charge in [0.15, 0.2) is 5.16 Å². The highest BCUT2D eigenvalue weighted by Gasteiger charge is 2.17. The molecule has 24 heavy (non-hydrogen) atoms. The summed E-state index contributed by atoms with van der Waals surface area (Å²) in [6.45, 7) is 0. The number of carbonyl (C=O) groups is 1. The van der Waals surface area contributed by atoms with Crippen molar-refractivity contribution in [1.82, 2.24) is 15.3 Å². The molecule has 0 aliphatic carbocycles. The maximum absolute atomic E-state index is 12.3. The maximum atomic E-state index is 12.3. The number of aromatic amines is 1. The van der Waals surface area contributed by atoms with E-state index in [2.05, 4.69) is 15.3 Å². The molecule has 0 saturated heterocycles. The summed E-state index contributed by atoms with van der Waals surface area (Å²) in [6.07, 6.45) is 1.43. The topological polar surface area (TPSA) is 74.8 Å². The molecule has 7 heteroatoms. The molecule has 2 N–H and O–H groups in total. The Hall–Kier alpha value is -2.38. The van der Waals surface area contributed by atoms with E-state index < -0.39 is 0 Å². The Balaban J connectivity index is 1.69. The molecule has 0 aliphatic heterocycles. The monoisotopic (exact) mass is 357 g/mol. The van der Waals surface area contributed by atoms with Crippen molar-refractivity contribution < 1.29 is 4.79 Å². The minimum absolute atomic E-state index is 0.117. The molecule has 0 spiro atoms. The van der Waals surface area contributed by atoms with E-state index in [0.29, 0.717) is 5.16 Å². The Labute approximate surface area is 147 Å². The number of nitrogens with zero attached hydrogens (tertiary/aromatic N) is 1. The van der Waals surface area contributed by atoms with E-state index in [1.165, 1.54) is 24.0 Å². The highest BCUT2D eigenvalue weighted by atomic mass is 32.2. The smallest absolute Gasteiger partial charge is 0.251 e. The van der Waals surface area contributed by atoms with Crippen LogP contribution in [0.15, 0.2) is 70.1 Å². The van der Waals surface area contributed by atoms with Crippen LogP contribution in [0, 0.1) is 0 Å². The number of hydrogen-bond acceptors (Lipinski definition) is 5. The molecule has 0 bridgehead atoms. The second-order valence-corrected chi connectivity index (χ2v) is 6.90. The molecule has 122 valence electrons. The van der Waals surface area contributed by atoms with Crippen molar-refractivity contribution in [2.45, 2.75) is 11.2 Å². The van der Waals surface area contributed by atoms with Crippen LogP contribution in [0.3, 0.4) is 0 Å². The molecule has 5 nitrogen and oxygen atoms in total. The molecular formula is C17H15N3O2S2. The molecule has 0 saturated carbocycles. The molecule has 1 aromatic carbocycles. The summed E-state index contributed by atoms with van der Waals surface area (Å²) in [5.74, 6) is 0.0653. The lowest BCUT2D eigenvalue weighted by Crippen LogP contribution is -2.30. The van der Waals surface area contributed by atoms with Gasteiger partial charge in [0.1, 0.15) is 0 Å². The predicted octanol–water partition coefficient (Wildman–Crippen LogP) is 2.83. The van der Waals surface area contributed by atoms with E-state index in [-0.39, 0.29) is 23.3 Å². The SMILES string of the molecule is O=C(CSc1nccc(=O)[nH]1)N[C@@H](c1ccccc1)c1cccs1. The van der Waals surface area contributed by atoms with Gasteiger partial charge in [-0.25, -0.2) is 4.98 Å². The molecule has 0 aliphatic rings. The minimum atomic E-state index is -0.228. The Bertz CT molecular complexity index is 848. The van der Waals surface area contributed by atoms with Gasteiger partial charge in [-0.05, 0) is 17.0 Å². The van der Waals surface area contributed by atoms with Gasteiger partial charge in [-0.3, -0.25) is 9.59 Å². The van der Waals surface area contributed by atoms with Crippen molar-refractivity contribution in [3.05, 3.63) is 80.9 Å². The first-order valence-corrected chi connectivity index (χ1v) is 9.15. The number of hydrogen-bond donors (Lipinski definition) is 2. The summed E-state index contributed by atoms with van der Waals surface area (Å²) in [5.41, 5.74) is 0.804. The van der Waals surface area contributed by atoms with Gasteiger partial charge in [-0.1, -0.05) is 48.2 Å². The zero-order chi connectivity index (χ0) is 16.8. The van der Waals surface area contributed by atoms with Crippen LogP contribution in [0.4, 0.5) is 0 Å². The predicted molar refractivity (Wildman–Crippen MR) is 96.3 cm³/mol. The summed E-state index contributed by atoms with van der Waals surface area (Å²) in [7, 11) is 0. The maximum Gasteiger partial charge on any atom is 0.251 e. The van der Waals surface area contributed by atoms with E-state index in [4.69, 9.17) is 0 Å². The minimum Gasteiger partial charge on any atom is -0.344 e. The summed E-state index contributed by atoms with van der Waals surface area (Å²) in [5, 5.41) is 5.48. The van der Waals surface area contributed by atoms with Gasteiger partial charge in [-0.15, -0.1) is 11.3 Å². The van der Waals surface area contributed by atoms with Crippen LogP contribution in [0.2, 0.25) is 0 Å². The molecule has 1 amide bonds. The fourth-order valence-corrected chi connectivity index (χ4v) is 3.64. The molecule has 0 fully saturated rings. The van der Waals surface area contributed by atoms with Gasteiger partial charge in [0.2, 0.25) is 5.91 Å². The molecule has 0 radical (unpaired) electrons. The fourth-order valence-electron chi connectivity index (χ4n) is 2.18. The van der Waals surface area contributed by atoms with Gasteiger partial charge in [-0.2, -0.15) is 0 Å². The molecule has 2 heterocycles. The zero-order valence-electron chi connectivity index (χ0n) is 12.6. The second-order valence-electron chi connectivity index (χ2n) is 4.95. The first-order valence-electron chi connectivity index (χ1n) is 7.28. The van der Waals surface area contributed by atoms with Crippen molar-refractivity contribution in [2.75, 3.05) is 5.75 Å². The Morgan fingerprint density at radius 2 is 2.04 bits per heavy atom. The lowest BCUT2D eigenvalue weighted by molar-refractivity contribution is -0.119. The molecule has 3 aromatic rings. The summed E-state index contributed by atoms with van der Waals surface area (Å²) >= 11 is 2.80. The molecule has 3 rings (SSSR count). The number of thiophene rings is 1. The zero-order valence-corrected chi connectivity index (χ0v) is 14.3. The molecular weight excluding hydrogens is 342 g/mol. The lowest BCUT2D eigenvalue weighted by Gasteiger charge is -2.18. The van der Waals surface area contributed by atoms with Crippen molar-refractivity contribution in [1.29, 1.82) is 0 Å². The van der Waals surface area contributed by atoms with Crippen LogP contribution in [-0.2, 0) is 4.79 Å². The summed E-state index contributed by atoms with van der Waals surface area (Å²) in [6, 6.07) is 15.0. The normalized spacial score (nSPS) is 11.8. The average Bonchev–Trinajstić information content (AvgIpc) is 3.13. The third-order valence-corrected chi connectivity index (χ3v) is 5.08. The van der Waals surface area contributed by atoms with Crippen LogP contribution in [-0.4, -0.2) is 21.6 Å². The second kappa shape index (κ2) is 7.94. The van der Waals surface area contributed by atoms with Crippen molar-refractivity contribution in [2.24, 2.45) is 0 Å². The van der Waals surface area contributed by atoms with E-state index in [1.54, 1.807) is 11.3 Å². The van der Waals surface area contributed by atoms with Gasteiger partial charge >= 0.3 is 0 Å². The number of carbonyl (C=O) groups excluding carboxylic acids is 1. The van der Waals surface area contributed by atoms with Crippen LogP contribution >= 0.6 is 23.1 Å². The number of thioether (sulfide) groups is 1. The number of benzene rings is 1. The number of rotatable bonds is 6. The molecule has 0 unspecified atom stereocenters. The first-order chi connectivity index (χ1) is 11.7. The fraction of sp³-hybridized carbons (Fsp3) is 0.118. The third kappa shape index (κ3) is 4.33. The highest BCUT2D eigenvalue weighted by molar-refractivity contribution is 7.99. The van der Waals surface area contributed by atoms with E-state index in [1.807, 2.05) is 47.8 Å². The largest absolute Gasteiger partial charge is 0.344 e. The summed E-state index contributed by atoms with van der Waals surface area (Å²) in [4.78, 5) is 31.3. The Morgan fingerprint density at radius 1 is 1.21 bits per heavy atom.